The van der Waals surface area contributed by atoms with E-state index >= 15 is 0 Å². The summed E-state index contributed by atoms with van der Waals surface area (Å²) in [6.07, 6.45) is 1.62. The van der Waals surface area contributed by atoms with Crippen molar-refractivity contribution >= 4 is 62.3 Å². The fraction of sp³-hybridized carbons (Fsp3) is 0.150. The summed E-state index contributed by atoms with van der Waals surface area (Å²) < 4.78 is 6.21. The fourth-order valence-corrected chi connectivity index (χ4v) is 4.01. The van der Waals surface area contributed by atoms with Crippen molar-refractivity contribution in [2.45, 2.75) is 6.92 Å². The lowest BCUT2D eigenvalue weighted by Crippen LogP contribution is -2.33. The van der Waals surface area contributed by atoms with Gasteiger partial charge in [0, 0.05) is 10.6 Å². The number of imide groups is 1. The van der Waals surface area contributed by atoms with Gasteiger partial charge in [-0.25, -0.2) is 0 Å². The number of thioether (sulfide) groups is 1. The van der Waals surface area contributed by atoms with Crippen molar-refractivity contribution in [1.82, 2.24) is 4.90 Å². The molecule has 3 rings (SSSR count). The van der Waals surface area contributed by atoms with Gasteiger partial charge in [-0.2, -0.15) is 0 Å². The van der Waals surface area contributed by atoms with Gasteiger partial charge in [-0.1, -0.05) is 17.7 Å². The molecule has 0 unspecified atom stereocenters. The molecule has 0 radical (unpaired) electrons. The average molecular weight is 481 g/mol. The number of ketones is 1. The summed E-state index contributed by atoms with van der Waals surface area (Å²) in [5.41, 5.74) is 1.13. The molecular weight excluding hydrogens is 466 g/mol. The Hall–Kier alpha value is -2.09. The van der Waals surface area contributed by atoms with E-state index in [0.29, 0.717) is 22.9 Å². The topological polar surface area (TPSA) is 63.7 Å². The van der Waals surface area contributed by atoms with Crippen molar-refractivity contribution < 1.29 is 19.1 Å². The Bertz CT molecular complexity index is 975. The van der Waals surface area contributed by atoms with Crippen LogP contribution in [0.3, 0.4) is 0 Å². The van der Waals surface area contributed by atoms with Crippen LogP contribution in [0.5, 0.6) is 5.75 Å². The fourth-order valence-electron chi connectivity index (χ4n) is 2.54. The Morgan fingerprint density at radius 3 is 2.57 bits per heavy atom. The largest absolute Gasteiger partial charge is 0.493 e. The van der Waals surface area contributed by atoms with E-state index in [0.717, 1.165) is 26.7 Å². The van der Waals surface area contributed by atoms with E-state index in [9.17, 15) is 14.4 Å². The van der Waals surface area contributed by atoms with Crippen LogP contribution >= 0.6 is 39.3 Å². The van der Waals surface area contributed by atoms with Crippen molar-refractivity contribution in [1.29, 1.82) is 0 Å². The predicted molar refractivity (Wildman–Crippen MR) is 114 cm³/mol. The Labute approximate surface area is 179 Å². The van der Waals surface area contributed by atoms with E-state index in [4.69, 9.17) is 16.3 Å². The van der Waals surface area contributed by atoms with E-state index in [-0.39, 0.29) is 17.2 Å². The lowest BCUT2D eigenvalue weighted by Gasteiger charge is -2.11. The zero-order chi connectivity index (χ0) is 20.3. The van der Waals surface area contributed by atoms with Crippen LogP contribution in [0.25, 0.3) is 6.08 Å². The molecule has 0 saturated carbocycles. The zero-order valence-electron chi connectivity index (χ0n) is 14.8. The number of carbonyl (C=O) groups excluding carboxylic acids is 3. The van der Waals surface area contributed by atoms with Crippen LogP contribution in [-0.2, 0) is 4.79 Å². The van der Waals surface area contributed by atoms with Crippen LogP contribution in [0, 0.1) is 0 Å². The highest BCUT2D eigenvalue weighted by molar-refractivity contribution is 9.10. The second kappa shape index (κ2) is 8.94. The number of ether oxygens (including phenoxy) is 1. The molecule has 1 fully saturated rings. The van der Waals surface area contributed by atoms with E-state index < -0.39 is 11.1 Å². The van der Waals surface area contributed by atoms with E-state index in [2.05, 4.69) is 15.9 Å². The number of halogens is 2. The molecule has 1 aliphatic heterocycles. The maximum atomic E-state index is 12.6. The normalized spacial score (nSPS) is 15.4. The van der Waals surface area contributed by atoms with Gasteiger partial charge >= 0.3 is 0 Å². The number of Topliss-reactive ketones (excluding diaryl/α,β-unsaturated/α-hetero) is 1. The number of amides is 2. The van der Waals surface area contributed by atoms with Gasteiger partial charge in [0.25, 0.3) is 11.1 Å². The number of rotatable bonds is 6. The first kappa shape index (κ1) is 20.6. The van der Waals surface area contributed by atoms with Crippen LogP contribution < -0.4 is 4.74 Å². The molecule has 0 N–H and O–H groups in total. The third-order valence-electron chi connectivity index (χ3n) is 3.90. The van der Waals surface area contributed by atoms with Crippen LogP contribution in [0.1, 0.15) is 22.8 Å². The Kier molecular flexibility index (Phi) is 6.59. The number of hydrogen-bond donors (Lipinski definition) is 0. The van der Waals surface area contributed by atoms with Crippen molar-refractivity contribution in [3.05, 3.63) is 68.0 Å². The number of carbonyl (C=O) groups is 3. The molecule has 2 aromatic carbocycles. The van der Waals surface area contributed by atoms with Gasteiger partial charge in [-0.15, -0.1) is 0 Å². The molecule has 1 saturated heterocycles. The first-order valence-electron chi connectivity index (χ1n) is 8.35. The minimum atomic E-state index is -0.484. The molecular formula is C20H15BrClNO4S. The van der Waals surface area contributed by atoms with Gasteiger partial charge in [0.05, 0.1) is 22.5 Å². The van der Waals surface area contributed by atoms with Crippen LogP contribution in [-0.4, -0.2) is 35.0 Å². The third kappa shape index (κ3) is 4.66. The first-order valence-corrected chi connectivity index (χ1v) is 10.3. The smallest absolute Gasteiger partial charge is 0.293 e. The minimum absolute atomic E-state index is 0.268. The highest BCUT2D eigenvalue weighted by Crippen LogP contribution is 2.34. The first-order chi connectivity index (χ1) is 13.4. The summed E-state index contributed by atoms with van der Waals surface area (Å²) in [4.78, 5) is 38.4. The van der Waals surface area contributed by atoms with Crippen molar-refractivity contribution in [3.8, 4) is 5.75 Å². The average Bonchev–Trinajstić information content (AvgIpc) is 2.92. The molecule has 8 heteroatoms. The van der Waals surface area contributed by atoms with Crippen LogP contribution in [0.15, 0.2) is 51.8 Å². The van der Waals surface area contributed by atoms with Gasteiger partial charge in [-0.3, -0.25) is 19.3 Å². The van der Waals surface area contributed by atoms with Crippen LogP contribution in [0.4, 0.5) is 4.79 Å². The second-order valence-corrected chi connectivity index (χ2v) is 8.10. The molecule has 0 aliphatic carbocycles. The van der Waals surface area contributed by atoms with Crippen molar-refractivity contribution in [3.63, 3.8) is 0 Å². The molecule has 1 heterocycles. The molecule has 0 bridgehead atoms. The molecule has 0 aromatic heterocycles. The van der Waals surface area contributed by atoms with Crippen molar-refractivity contribution in [2.75, 3.05) is 13.2 Å². The van der Waals surface area contributed by atoms with E-state index in [1.165, 1.54) is 0 Å². The molecule has 2 aromatic rings. The molecule has 1 aliphatic rings. The Balaban J connectivity index is 1.75. The van der Waals surface area contributed by atoms with Crippen molar-refractivity contribution in [2.24, 2.45) is 0 Å². The second-order valence-electron chi connectivity index (χ2n) is 5.82. The quantitative estimate of drug-likeness (QED) is 0.408. The molecule has 2 amide bonds. The minimum Gasteiger partial charge on any atom is -0.493 e. The highest BCUT2D eigenvalue weighted by Gasteiger charge is 2.36. The van der Waals surface area contributed by atoms with E-state index in [1.54, 1.807) is 48.5 Å². The lowest BCUT2D eigenvalue weighted by atomic mass is 10.1. The van der Waals surface area contributed by atoms with Gasteiger partial charge in [-0.05, 0) is 82.7 Å². The van der Waals surface area contributed by atoms with Gasteiger partial charge < -0.3 is 4.74 Å². The number of benzene rings is 2. The summed E-state index contributed by atoms with van der Waals surface area (Å²) in [6.45, 7) is 2.12. The van der Waals surface area contributed by atoms with Gasteiger partial charge in [0.15, 0.2) is 5.78 Å². The summed E-state index contributed by atoms with van der Waals surface area (Å²) in [5, 5.41) is 0.0377. The molecule has 28 heavy (non-hydrogen) atoms. The standard InChI is InChI=1S/C20H15BrClNO4S/c1-2-27-17-8-3-12(9-15(17)21)10-18-19(25)23(20(26)28-18)11-16(24)13-4-6-14(22)7-5-13/h3-10H,2,11H2,1H3/b18-10-. The number of nitrogens with zero attached hydrogens (tertiary/aromatic N) is 1. The van der Waals surface area contributed by atoms with Gasteiger partial charge in [0.1, 0.15) is 5.75 Å². The Morgan fingerprint density at radius 2 is 1.93 bits per heavy atom. The zero-order valence-corrected chi connectivity index (χ0v) is 17.9. The maximum absolute atomic E-state index is 12.6. The maximum Gasteiger partial charge on any atom is 0.293 e. The predicted octanol–water partition coefficient (Wildman–Crippen LogP) is 5.42. The summed E-state index contributed by atoms with van der Waals surface area (Å²) in [6, 6.07) is 11.7. The monoisotopic (exact) mass is 479 g/mol. The SMILES string of the molecule is CCOc1ccc(/C=C2\SC(=O)N(CC(=O)c3ccc(Cl)cc3)C2=O)cc1Br. The van der Waals surface area contributed by atoms with E-state index in [1.807, 2.05) is 6.92 Å². The Morgan fingerprint density at radius 1 is 1.21 bits per heavy atom. The summed E-state index contributed by atoms with van der Waals surface area (Å²) in [7, 11) is 0. The molecule has 5 nitrogen and oxygen atoms in total. The molecule has 0 spiro atoms. The third-order valence-corrected chi connectivity index (χ3v) is 5.67. The summed E-state index contributed by atoms with van der Waals surface area (Å²) in [5.74, 6) is -0.118. The molecule has 144 valence electrons. The lowest BCUT2D eigenvalue weighted by molar-refractivity contribution is -0.122. The molecule has 0 atom stereocenters. The number of hydrogen-bond acceptors (Lipinski definition) is 5. The van der Waals surface area contributed by atoms with Crippen LogP contribution in [0.2, 0.25) is 5.02 Å². The highest BCUT2D eigenvalue weighted by atomic mass is 79.9. The van der Waals surface area contributed by atoms with Gasteiger partial charge in [0.2, 0.25) is 0 Å². The summed E-state index contributed by atoms with van der Waals surface area (Å²) >= 11 is 10.1.